The van der Waals surface area contributed by atoms with Crippen LogP contribution in [0.15, 0.2) is 42.5 Å². The molecule has 1 N–H and O–H groups in total. The molecule has 2 aromatic carbocycles. The summed E-state index contributed by atoms with van der Waals surface area (Å²) in [7, 11) is 0. The van der Waals surface area contributed by atoms with Crippen molar-refractivity contribution in [2.75, 3.05) is 23.3 Å². The van der Waals surface area contributed by atoms with Crippen molar-refractivity contribution in [1.82, 2.24) is 0 Å². The molecule has 136 valence electrons. The second-order valence-corrected chi connectivity index (χ2v) is 6.69. The first kappa shape index (κ1) is 18.4. The van der Waals surface area contributed by atoms with Gasteiger partial charge in [0.15, 0.2) is 0 Å². The molecule has 2 aromatic rings. The molecule has 0 aromatic heterocycles. The van der Waals surface area contributed by atoms with Crippen LogP contribution in [0.4, 0.5) is 30.2 Å². The van der Waals surface area contributed by atoms with Crippen LogP contribution >= 0.6 is 11.6 Å². The number of benzene rings is 2. The van der Waals surface area contributed by atoms with Gasteiger partial charge in [-0.05, 0) is 55.3 Å². The van der Waals surface area contributed by atoms with Crippen molar-refractivity contribution in [2.45, 2.75) is 19.0 Å². The van der Waals surface area contributed by atoms with Gasteiger partial charge in [0.1, 0.15) is 6.07 Å². The largest absolute Gasteiger partial charge is 0.391 e. The Hall–Kier alpha value is -2.39. The topological polar surface area (TPSA) is 39.1 Å². The highest BCUT2D eigenvalue weighted by Gasteiger charge is 2.41. The summed E-state index contributed by atoms with van der Waals surface area (Å²) in [6.07, 6.45) is -3.83. The zero-order valence-corrected chi connectivity index (χ0v) is 14.6. The lowest BCUT2D eigenvalue weighted by molar-refractivity contribution is -0.179. The normalized spacial score (nSPS) is 15.6. The number of piperidine rings is 1. The van der Waals surface area contributed by atoms with Crippen LogP contribution < -0.4 is 10.2 Å². The summed E-state index contributed by atoms with van der Waals surface area (Å²) in [5.74, 6) is -1.19. The highest BCUT2D eigenvalue weighted by atomic mass is 35.5. The van der Waals surface area contributed by atoms with E-state index in [1.807, 2.05) is 35.2 Å². The van der Waals surface area contributed by atoms with Crippen molar-refractivity contribution < 1.29 is 13.2 Å². The zero-order valence-electron chi connectivity index (χ0n) is 13.9. The quantitative estimate of drug-likeness (QED) is 0.739. The molecule has 1 aliphatic heterocycles. The fourth-order valence-corrected chi connectivity index (χ4v) is 3.29. The van der Waals surface area contributed by atoms with Gasteiger partial charge >= 0.3 is 6.18 Å². The van der Waals surface area contributed by atoms with Crippen LogP contribution in [0.3, 0.4) is 0 Å². The van der Waals surface area contributed by atoms with Crippen LogP contribution in [0, 0.1) is 17.2 Å². The smallest absolute Gasteiger partial charge is 0.372 e. The van der Waals surface area contributed by atoms with Gasteiger partial charge in [0.2, 0.25) is 0 Å². The number of nitrogens with zero attached hydrogens (tertiary/aromatic N) is 2. The maximum atomic E-state index is 12.8. The molecule has 7 heteroatoms. The molecule has 3 nitrogen and oxygen atoms in total. The van der Waals surface area contributed by atoms with Crippen molar-refractivity contribution in [3.63, 3.8) is 0 Å². The average molecular weight is 380 g/mol. The Morgan fingerprint density at radius 2 is 1.65 bits per heavy atom. The summed E-state index contributed by atoms with van der Waals surface area (Å²) in [6, 6.07) is 14.6. The van der Waals surface area contributed by atoms with Gasteiger partial charge in [0.25, 0.3) is 0 Å². The van der Waals surface area contributed by atoms with Gasteiger partial charge in [-0.25, -0.2) is 0 Å². The van der Waals surface area contributed by atoms with E-state index >= 15 is 0 Å². The number of rotatable bonds is 3. The molecule has 0 radical (unpaired) electrons. The molecule has 0 unspecified atom stereocenters. The predicted octanol–water partition coefficient (Wildman–Crippen LogP) is 5.73. The van der Waals surface area contributed by atoms with Crippen LogP contribution in [-0.2, 0) is 0 Å². The Bertz CT molecular complexity index is 804. The average Bonchev–Trinajstić information content (AvgIpc) is 2.62. The number of alkyl halides is 3. The minimum Gasteiger partial charge on any atom is -0.372 e. The highest BCUT2D eigenvalue weighted by molar-refractivity contribution is 6.32. The number of nitriles is 1. The second-order valence-electron chi connectivity index (χ2n) is 6.28. The minimum absolute atomic E-state index is 0.132. The summed E-state index contributed by atoms with van der Waals surface area (Å²) >= 11 is 6.02. The minimum atomic E-state index is -4.10. The van der Waals surface area contributed by atoms with Crippen LogP contribution in [0.25, 0.3) is 0 Å². The second kappa shape index (κ2) is 7.46. The van der Waals surface area contributed by atoms with Crippen molar-refractivity contribution in [3.8, 4) is 6.07 Å². The lowest BCUT2D eigenvalue weighted by atomic mass is 9.96. The number of halogens is 4. The van der Waals surface area contributed by atoms with Crippen LogP contribution in [0.5, 0.6) is 0 Å². The van der Waals surface area contributed by atoms with E-state index in [-0.39, 0.29) is 12.8 Å². The molecular weight excluding hydrogens is 363 g/mol. The first-order valence-electron chi connectivity index (χ1n) is 8.25. The number of hydrogen-bond donors (Lipinski definition) is 1. The maximum Gasteiger partial charge on any atom is 0.391 e. The van der Waals surface area contributed by atoms with Gasteiger partial charge in [0, 0.05) is 30.2 Å². The molecular formula is C19H17ClF3N3. The fraction of sp³-hybridized carbons (Fsp3) is 0.316. The summed E-state index contributed by atoms with van der Waals surface area (Å²) in [6.45, 7) is 0.810. The van der Waals surface area contributed by atoms with Crippen LogP contribution in [0.1, 0.15) is 18.4 Å². The van der Waals surface area contributed by atoms with Gasteiger partial charge in [-0.2, -0.15) is 18.4 Å². The van der Waals surface area contributed by atoms with Crippen molar-refractivity contribution in [2.24, 2.45) is 5.92 Å². The Balaban J connectivity index is 1.62. The molecule has 0 bridgehead atoms. The number of nitrogens with one attached hydrogen (secondary N) is 1. The molecule has 0 saturated carbocycles. The Morgan fingerprint density at radius 3 is 2.19 bits per heavy atom. The molecule has 0 amide bonds. The van der Waals surface area contributed by atoms with Gasteiger partial charge in [-0.3, -0.25) is 0 Å². The highest BCUT2D eigenvalue weighted by Crippen LogP contribution is 2.35. The number of hydrogen-bond acceptors (Lipinski definition) is 3. The van der Waals surface area contributed by atoms with Crippen LogP contribution in [-0.4, -0.2) is 19.3 Å². The van der Waals surface area contributed by atoms with Gasteiger partial charge in [-0.15, -0.1) is 0 Å². The molecule has 1 heterocycles. The number of anilines is 3. The first-order valence-corrected chi connectivity index (χ1v) is 8.63. The summed E-state index contributed by atoms with van der Waals surface area (Å²) in [5, 5.41) is 12.5. The van der Waals surface area contributed by atoms with E-state index in [4.69, 9.17) is 16.9 Å². The lowest BCUT2D eigenvalue weighted by Gasteiger charge is -2.34. The molecule has 0 atom stereocenters. The Kier molecular flexibility index (Phi) is 5.28. The molecule has 1 aliphatic rings. The molecule has 0 spiro atoms. The predicted molar refractivity (Wildman–Crippen MR) is 96.9 cm³/mol. The maximum absolute atomic E-state index is 12.8. The van der Waals surface area contributed by atoms with Crippen molar-refractivity contribution in [3.05, 3.63) is 53.1 Å². The van der Waals surface area contributed by atoms with Crippen LogP contribution in [0.2, 0.25) is 5.02 Å². The standard InChI is InChI=1S/C19H17ClF3N3/c20-18-11-16(2-1-13(18)12-24)25-15-3-5-17(6-4-15)26-9-7-14(8-10-26)19(21,22)23/h1-6,11,14,25H,7-10H2. The van der Waals surface area contributed by atoms with E-state index in [2.05, 4.69) is 5.32 Å². The molecule has 26 heavy (non-hydrogen) atoms. The molecule has 3 rings (SSSR count). The Labute approximate surface area is 155 Å². The lowest BCUT2D eigenvalue weighted by Crippen LogP contribution is -2.38. The van der Waals surface area contributed by atoms with E-state index in [0.29, 0.717) is 23.7 Å². The summed E-state index contributed by atoms with van der Waals surface area (Å²) in [5.41, 5.74) is 2.91. The van der Waals surface area contributed by atoms with E-state index in [0.717, 1.165) is 17.1 Å². The van der Waals surface area contributed by atoms with Gasteiger partial charge in [0.05, 0.1) is 16.5 Å². The third kappa shape index (κ3) is 4.23. The van der Waals surface area contributed by atoms with E-state index in [1.54, 1.807) is 18.2 Å². The Morgan fingerprint density at radius 1 is 1.04 bits per heavy atom. The van der Waals surface area contributed by atoms with E-state index < -0.39 is 12.1 Å². The first-order chi connectivity index (χ1) is 12.4. The van der Waals surface area contributed by atoms with Gasteiger partial charge in [-0.1, -0.05) is 11.6 Å². The molecule has 1 saturated heterocycles. The monoisotopic (exact) mass is 379 g/mol. The van der Waals surface area contributed by atoms with Crippen molar-refractivity contribution in [1.29, 1.82) is 5.26 Å². The summed E-state index contributed by atoms with van der Waals surface area (Å²) < 4.78 is 38.3. The van der Waals surface area contributed by atoms with E-state index in [9.17, 15) is 13.2 Å². The third-order valence-electron chi connectivity index (χ3n) is 4.57. The SMILES string of the molecule is N#Cc1ccc(Nc2ccc(N3CCC(C(F)(F)F)CC3)cc2)cc1Cl. The van der Waals surface area contributed by atoms with Crippen molar-refractivity contribution >= 4 is 28.7 Å². The third-order valence-corrected chi connectivity index (χ3v) is 4.88. The zero-order chi connectivity index (χ0) is 18.7. The molecule has 0 aliphatic carbocycles. The fourth-order valence-electron chi connectivity index (χ4n) is 3.07. The summed E-state index contributed by atoms with van der Waals surface area (Å²) in [4.78, 5) is 1.98. The van der Waals surface area contributed by atoms with Gasteiger partial charge < -0.3 is 10.2 Å². The molecule has 1 fully saturated rings. The van der Waals surface area contributed by atoms with E-state index in [1.165, 1.54) is 0 Å².